The molecule has 2 rings (SSSR count). The number of nitrogens with zero attached hydrogens (tertiary/aromatic N) is 1. The molecule has 4 heteroatoms. The van der Waals surface area contributed by atoms with E-state index >= 15 is 0 Å². The van der Waals surface area contributed by atoms with E-state index in [2.05, 4.69) is 37.8 Å². The summed E-state index contributed by atoms with van der Waals surface area (Å²) in [5.41, 5.74) is 5.02. The summed E-state index contributed by atoms with van der Waals surface area (Å²) in [6.45, 7) is 7.53. The van der Waals surface area contributed by atoms with Gasteiger partial charge in [0.15, 0.2) is 0 Å². The lowest BCUT2D eigenvalue weighted by atomic mass is 9.95. The van der Waals surface area contributed by atoms with Gasteiger partial charge < -0.3 is 9.64 Å². The first-order valence-corrected chi connectivity index (χ1v) is 9.06. The summed E-state index contributed by atoms with van der Waals surface area (Å²) in [5, 5.41) is 0. The highest BCUT2D eigenvalue weighted by molar-refractivity contribution is 5.39. The van der Waals surface area contributed by atoms with Crippen molar-refractivity contribution in [2.24, 2.45) is 0 Å². The quantitative estimate of drug-likeness (QED) is 0.604. The Morgan fingerprint density at radius 1 is 1.00 bits per heavy atom. The van der Waals surface area contributed by atoms with Gasteiger partial charge in [-0.3, -0.25) is 0 Å². The third-order valence-electron chi connectivity index (χ3n) is 4.54. The van der Waals surface area contributed by atoms with Gasteiger partial charge in [-0.2, -0.15) is 0 Å². The molecule has 0 aliphatic carbocycles. The van der Waals surface area contributed by atoms with Crippen molar-refractivity contribution in [3.63, 3.8) is 0 Å². The Hall–Kier alpha value is -1.78. The van der Waals surface area contributed by atoms with Crippen LogP contribution in [0.4, 0.5) is 8.78 Å². The van der Waals surface area contributed by atoms with Crippen LogP contribution < -0.4 is 0 Å². The van der Waals surface area contributed by atoms with Gasteiger partial charge in [0, 0.05) is 18.7 Å². The van der Waals surface area contributed by atoms with Gasteiger partial charge in [0.05, 0.1) is 6.10 Å². The molecule has 0 saturated heterocycles. The Bertz CT molecular complexity index is 700. The van der Waals surface area contributed by atoms with Gasteiger partial charge in [-0.05, 0) is 76.5 Å². The molecule has 0 aliphatic heterocycles. The van der Waals surface area contributed by atoms with Crippen molar-refractivity contribution in [1.82, 2.24) is 4.90 Å². The standard InChI is InChI=1S/C22H29F2NO/c1-15-12-16(2)22(17(3)13-15)21(14-25(4)5)26-11-7-8-18-19(23)9-6-10-20(18)24/h6,9-10,12-13,21H,7-8,11,14H2,1-5H3. The molecule has 0 aliphatic rings. The van der Waals surface area contributed by atoms with Crippen LogP contribution in [-0.4, -0.2) is 32.1 Å². The van der Waals surface area contributed by atoms with Gasteiger partial charge in [0.2, 0.25) is 0 Å². The molecule has 0 bridgehead atoms. The summed E-state index contributed by atoms with van der Waals surface area (Å²) in [6.07, 6.45) is 0.848. The fraction of sp³-hybridized carbons (Fsp3) is 0.455. The molecule has 2 nitrogen and oxygen atoms in total. The van der Waals surface area contributed by atoms with Crippen LogP contribution in [0.3, 0.4) is 0 Å². The molecule has 1 unspecified atom stereocenters. The lowest BCUT2D eigenvalue weighted by Gasteiger charge is -2.25. The molecule has 142 valence electrons. The summed E-state index contributed by atoms with van der Waals surface area (Å²) in [7, 11) is 4.04. The average molecular weight is 361 g/mol. The highest BCUT2D eigenvalue weighted by atomic mass is 19.1. The van der Waals surface area contributed by atoms with Crippen LogP contribution in [0.2, 0.25) is 0 Å². The number of aryl methyl sites for hydroxylation is 3. The first kappa shape index (κ1) is 20.5. The second kappa shape index (κ2) is 9.24. The predicted octanol–water partition coefficient (Wildman–Crippen LogP) is 5.14. The zero-order valence-corrected chi connectivity index (χ0v) is 16.4. The maximum atomic E-state index is 13.7. The minimum Gasteiger partial charge on any atom is -0.372 e. The number of rotatable bonds is 8. The minimum atomic E-state index is -0.486. The molecular formula is C22H29F2NO. The Labute approximate surface area is 155 Å². The van der Waals surface area contributed by atoms with Crippen molar-refractivity contribution in [3.8, 4) is 0 Å². The van der Waals surface area contributed by atoms with Crippen molar-refractivity contribution in [3.05, 3.63) is 69.8 Å². The molecule has 0 spiro atoms. The smallest absolute Gasteiger partial charge is 0.129 e. The fourth-order valence-corrected chi connectivity index (χ4v) is 3.50. The number of likely N-dealkylation sites (N-methyl/N-ethyl adjacent to an activating group) is 1. The second-order valence-corrected chi connectivity index (χ2v) is 7.24. The fourth-order valence-electron chi connectivity index (χ4n) is 3.50. The van der Waals surface area contributed by atoms with Gasteiger partial charge in [0.1, 0.15) is 11.6 Å². The molecule has 1 atom stereocenters. The van der Waals surface area contributed by atoms with Crippen LogP contribution in [0, 0.1) is 32.4 Å². The highest BCUT2D eigenvalue weighted by Crippen LogP contribution is 2.27. The molecule has 0 N–H and O–H groups in total. The first-order chi connectivity index (χ1) is 12.3. The average Bonchev–Trinajstić information content (AvgIpc) is 2.51. The predicted molar refractivity (Wildman–Crippen MR) is 103 cm³/mol. The molecule has 0 saturated carbocycles. The van der Waals surface area contributed by atoms with Crippen molar-refractivity contribution in [2.75, 3.05) is 27.2 Å². The van der Waals surface area contributed by atoms with Crippen molar-refractivity contribution < 1.29 is 13.5 Å². The molecular weight excluding hydrogens is 332 g/mol. The molecule has 0 aromatic heterocycles. The molecule has 2 aromatic carbocycles. The van der Waals surface area contributed by atoms with Crippen molar-refractivity contribution in [1.29, 1.82) is 0 Å². The van der Waals surface area contributed by atoms with E-state index in [1.807, 2.05) is 14.1 Å². The second-order valence-electron chi connectivity index (χ2n) is 7.24. The maximum Gasteiger partial charge on any atom is 0.129 e. The van der Waals surface area contributed by atoms with E-state index in [4.69, 9.17) is 4.74 Å². The monoisotopic (exact) mass is 361 g/mol. The largest absolute Gasteiger partial charge is 0.372 e. The van der Waals surface area contributed by atoms with Gasteiger partial charge >= 0.3 is 0 Å². The number of halogens is 2. The number of benzene rings is 2. The van der Waals surface area contributed by atoms with E-state index in [1.54, 1.807) is 0 Å². The van der Waals surface area contributed by atoms with Gasteiger partial charge in [-0.1, -0.05) is 23.8 Å². The zero-order valence-electron chi connectivity index (χ0n) is 16.4. The molecule has 0 heterocycles. The lowest BCUT2D eigenvalue weighted by molar-refractivity contribution is 0.0326. The van der Waals surface area contributed by atoms with Crippen molar-refractivity contribution in [2.45, 2.75) is 39.7 Å². The third-order valence-corrected chi connectivity index (χ3v) is 4.54. The Kier molecular flexibility index (Phi) is 7.30. The van der Waals surface area contributed by atoms with E-state index in [9.17, 15) is 8.78 Å². The Morgan fingerprint density at radius 2 is 1.58 bits per heavy atom. The SMILES string of the molecule is Cc1cc(C)c(C(CN(C)C)OCCCc2c(F)cccc2F)c(C)c1. The van der Waals surface area contributed by atoms with Gasteiger partial charge in [-0.15, -0.1) is 0 Å². The minimum absolute atomic E-state index is 0.0592. The molecule has 0 fully saturated rings. The van der Waals surface area contributed by atoms with E-state index in [-0.39, 0.29) is 11.7 Å². The van der Waals surface area contributed by atoms with Crippen LogP contribution >= 0.6 is 0 Å². The lowest BCUT2D eigenvalue weighted by Crippen LogP contribution is -2.24. The van der Waals surface area contributed by atoms with E-state index in [1.165, 1.54) is 40.5 Å². The summed E-state index contributed by atoms with van der Waals surface area (Å²) in [4.78, 5) is 2.10. The van der Waals surface area contributed by atoms with E-state index in [0.717, 1.165) is 6.54 Å². The van der Waals surface area contributed by atoms with E-state index in [0.29, 0.717) is 19.4 Å². The Morgan fingerprint density at radius 3 is 2.12 bits per heavy atom. The third kappa shape index (κ3) is 5.36. The van der Waals surface area contributed by atoms with Gasteiger partial charge in [-0.25, -0.2) is 8.78 Å². The topological polar surface area (TPSA) is 12.5 Å². The van der Waals surface area contributed by atoms with E-state index < -0.39 is 11.6 Å². The summed E-state index contributed by atoms with van der Waals surface area (Å²) < 4.78 is 33.6. The van der Waals surface area contributed by atoms with Gasteiger partial charge in [0.25, 0.3) is 0 Å². The molecule has 2 aromatic rings. The molecule has 0 amide bonds. The van der Waals surface area contributed by atoms with Crippen LogP contribution in [0.1, 0.15) is 40.3 Å². The first-order valence-electron chi connectivity index (χ1n) is 9.06. The van der Waals surface area contributed by atoms with Crippen LogP contribution in [0.25, 0.3) is 0 Å². The summed E-state index contributed by atoms with van der Waals surface area (Å²) in [5.74, 6) is -0.972. The number of hydrogen-bond donors (Lipinski definition) is 0. The highest BCUT2D eigenvalue weighted by Gasteiger charge is 2.18. The Balaban J connectivity index is 2.05. The van der Waals surface area contributed by atoms with Crippen LogP contribution in [-0.2, 0) is 11.2 Å². The van der Waals surface area contributed by atoms with Crippen LogP contribution in [0.5, 0.6) is 0 Å². The molecule has 26 heavy (non-hydrogen) atoms. The summed E-state index contributed by atoms with van der Waals surface area (Å²) in [6, 6.07) is 8.33. The zero-order chi connectivity index (χ0) is 19.3. The van der Waals surface area contributed by atoms with Crippen LogP contribution in [0.15, 0.2) is 30.3 Å². The van der Waals surface area contributed by atoms with Crippen molar-refractivity contribution >= 4 is 0 Å². The number of hydrogen-bond acceptors (Lipinski definition) is 2. The number of ether oxygens (including phenoxy) is 1. The summed E-state index contributed by atoms with van der Waals surface area (Å²) >= 11 is 0. The normalized spacial score (nSPS) is 12.6. The molecule has 0 radical (unpaired) electrons. The maximum absolute atomic E-state index is 13.7.